The third kappa shape index (κ3) is 3.73. The van der Waals surface area contributed by atoms with Crippen LogP contribution >= 0.6 is 0 Å². The first-order chi connectivity index (χ1) is 10.4. The van der Waals surface area contributed by atoms with Gasteiger partial charge in [-0.3, -0.25) is 4.98 Å². The summed E-state index contributed by atoms with van der Waals surface area (Å²) >= 11 is 0. The lowest BCUT2D eigenvalue weighted by Gasteiger charge is -2.13. The summed E-state index contributed by atoms with van der Waals surface area (Å²) in [6.45, 7) is 3.11. The molecule has 3 rings (SSSR count). The maximum Gasteiger partial charge on any atom is 0.165 e. The molecule has 2 heterocycles. The van der Waals surface area contributed by atoms with Crippen LogP contribution in [0.5, 0.6) is 11.5 Å². The van der Waals surface area contributed by atoms with Crippen LogP contribution in [0, 0.1) is 0 Å². The van der Waals surface area contributed by atoms with Crippen LogP contribution in [0.3, 0.4) is 0 Å². The number of nitrogens with zero attached hydrogens (tertiary/aromatic N) is 1. The summed E-state index contributed by atoms with van der Waals surface area (Å²) in [5.74, 6) is 1.75. The number of nitrogens with one attached hydrogen (secondary N) is 1. The number of para-hydroxylation sites is 1. The number of rotatable bonds is 5. The maximum atomic E-state index is 5.82. The summed E-state index contributed by atoms with van der Waals surface area (Å²) in [5.41, 5.74) is 2.26. The van der Waals surface area contributed by atoms with Crippen LogP contribution in [0.15, 0.2) is 42.6 Å². The molecular formula is C17H20N2O2. The molecule has 0 saturated carbocycles. The number of pyridine rings is 1. The third-order valence-electron chi connectivity index (χ3n) is 3.45. The van der Waals surface area contributed by atoms with Gasteiger partial charge in [0.25, 0.3) is 0 Å². The van der Waals surface area contributed by atoms with E-state index in [4.69, 9.17) is 9.47 Å². The molecule has 0 radical (unpaired) electrons. The molecule has 0 amide bonds. The van der Waals surface area contributed by atoms with E-state index in [0.29, 0.717) is 0 Å². The Morgan fingerprint density at radius 2 is 2.00 bits per heavy atom. The largest absolute Gasteiger partial charge is 0.490 e. The maximum absolute atomic E-state index is 5.82. The van der Waals surface area contributed by atoms with Gasteiger partial charge in [0.1, 0.15) is 0 Å². The average molecular weight is 284 g/mol. The van der Waals surface area contributed by atoms with Crippen LogP contribution in [-0.2, 0) is 13.0 Å². The second-order valence-electron chi connectivity index (χ2n) is 5.04. The van der Waals surface area contributed by atoms with Crippen molar-refractivity contribution in [2.75, 3.05) is 19.8 Å². The van der Waals surface area contributed by atoms with E-state index in [2.05, 4.69) is 16.4 Å². The monoisotopic (exact) mass is 284 g/mol. The van der Waals surface area contributed by atoms with Crippen molar-refractivity contribution < 1.29 is 9.47 Å². The highest BCUT2D eigenvalue weighted by Crippen LogP contribution is 2.33. The van der Waals surface area contributed by atoms with Gasteiger partial charge in [-0.15, -0.1) is 0 Å². The summed E-state index contributed by atoms with van der Waals surface area (Å²) in [6.07, 6.45) is 3.69. The molecule has 0 atom stereocenters. The van der Waals surface area contributed by atoms with Crippen LogP contribution in [0.4, 0.5) is 0 Å². The first kappa shape index (κ1) is 13.9. The molecule has 0 spiro atoms. The Kier molecular flexibility index (Phi) is 4.69. The molecule has 0 fully saturated rings. The van der Waals surface area contributed by atoms with E-state index in [0.717, 1.165) is 61.9 Å². The lowest BCUT2D eigenvalue weighted by Crippen LogP contribution is -2.17. The topological polar surface area (TPSA) is 43.4 Å². The van der Waals surface area contributed by atoms with Gasteiger partial charge in [-0.25, -0.2) is 0 Å². The Balaban J connectivity index is 1.56. The second-order valence-corrected chi connectivity index (χ2v) is 5.04. The standard InChI is InChI=1S/C17H20N2O2/c1-2-9-19-15(6-1)8-10-18-13-14-5-3-7-16-17(14)21-12-4-11-20-16/h1-3,5-7,9,18H,4,8,10-13H2. The van der Waals surface area contributed by atoms with E-state index in [-0.39, 0.29) is 0 Å². The fraction of sp³-hybridized carbons (Fsp3) is 0.353. The van der Waals surface area contributed by atoms with Gasteiger partial charge in [-0.2, -0.15) is 0 Å². The Hall–Kier alpha value is -2.07. The summed E-state index contributed by atoms with van der Waals surface area (Å²) in [7, 11) is 0. The van der Waals surface area contributed by atoms with E-state index < -0.39 is 0 Å². The number of hydrogen-bond donors (Lipinski definition) is 1. The number of hydrogen-bond acceptors (Lipinski definition) is 4. The van der Waals surface area contributed by atoms with Crippen molar-refractivity contribution in [2.24, 2.45) is 0 Å². The van der Waals surface area contributed by atoms with Gasteiger partial charge in [0, 0.05) is 43.4 Å². The second kappa shape index (κ2) is 7.09. The zero-order valence-corrected chi connectivity index (χ0v) is 12.0. The average Bonchev–Trinajstić information content (AvgIpc) is 2.78. The molecule has 1 aromatic heterocycles. The SMILES string of the molecule is c1ccc(CCNCc2cccc3c2OCCCO3)nc1. The van der Waals surface area contributed by atoms with Crippen LogP contribution in [-0.4, -0.2) is 24.7 Å². The lowest BCUT2D eigenvalue weighted by molar-refractivity contribution is 0.296. The molecule has 21 heavy (non-hydrogen) atoms. The molecule has 0 bridgehead atoms. The summed E-state index contributed by atoms with van der Waals surface area (Å²) < 4.78 is 11.5. The molecule has 1 aliphatic heterocycles. The Labute approximate surface area is 125 Å². The van der Waals surface area contributed by atoms with E-state index in [9.17, 15) is 0 Å². The zero-order chi connectivity index (χ0) is 14.3. The quantitative estimate of drug-likeness (QED) is 0.857. The highest BCUT2D eigenvalue weighted by Gasteiger charge is 2.13. The van der Waals surface area contributed by atoms with Crippen LogP contribution in [0.1, 0.15) is 17.7 Å². The van der Waals surface area contributed by atoms with Gasteiger partial charge in [0.2, 0.25) is 0 Å². The Morgan fingerprint density at radius 3 is 2.90 bits per heavy atom. The Morgan fingerprint density at radius 1 is 1.05 bits per heavy atom. The van der Waals surface area contributed by atoms with Crippen molar-refractivity contribution in [3.8, 4) is 11.5 Å². The molecule has 0 saturated heterocycles. The van der Waals surface area contributed by atoms with Gasteiger partial charge >= 0.3 is 0 Å². The summed E-state index contributed by atoms with van der Waals surface area (Å²) in [4.78, 5) is 4.32. The summed E-state index contributed by atoms with van der Waals surface area (Å²) in [6, 6.07) is 12.1. The fourth-order valence-electron chi connectivity index (χ4n) is 2.38. The lowest BCUT2D eigenvalue weighted by atomic mass is 10.2. The molecule has 110 valence electrons. The van der Waals surface area contributed by atoms with Crippen LogP contribution in [0.2, 0.25) is 0 Å². The number of benzene rings is 1. The van der Waals surface area contributed by atoms with E-state index >= 15 is 0 Å². The predicted molar refractivity (Wildman–Crippen MR) is 81.7 cm³/mol. The molecule has 4 heteroatoms. The molecular weight excluding hydrogens is 264 g/mol. The van der Waals surface area contributed by atoms with E-state index in [1.807, 2.05) is 36.5 Å². The van der Waals surface area contributed by atoms with Gasteiger partial charge in [0.05, 0.1) is 13.2 Å². The number of fused-ring (bicyclic) bond motifs is 1. The predicted octanol–water partition coefficient (Wildman–Crippen LogP) is 2.58. The molecule has 1 N–H and O–H groups in total. The smallest absolute Gasteiger partial charge is 0.165 e. The van der Waals surface area contributed by atoms with E-state index in [1.165, 1.54) is 0 Å². The highest BCUT2D eigenvalue weighted by atomic mass is 16.5. The molecule has 1 aromatic carbocycles. The minimum atomic E-state index is 0.720. The van der Waals surface area contributed by atoms with Crippen LogP contribution in [0.25, 0.3) is 0 Å². The summed E-state index contributed by atoms with van der Waals surface area (Å²) in [5, 5.41) is 3.45. The molecule has 4 nitrogen and oxygen atoms in total. The van der Waals surface area contributed by atoms with Gasteiger partial charge < -0.3 is 14.8 Å². The van der Waals surface area contributed by atoms with E-state index in [1.54, 1.807) is 0 Å². The highest BCUT2D eigenvalue weighted by molar-refractivity contribution is 5.47. The van der Waals surface area contributed by atoms with Crippen molar-refractivity contribution in [2.45, 2.75) is 19.4 Å². The molecule has 0 unspecified atom stereocenters. The number of aromatic nitrogens is 1. The van der Waals surface area contributed by atoms with Crippen molar-refractivity contribution in [1.29, 1.82) is 0 Å². The molecule has 1 aliphatic rings. The zero-order valence-electron chi connectivity index (χ0n) is 12.0. The van der Waals surface area contributed by atoms with Gasteiger partial charge in [-0.1, -0.05) is 18.2 Å². The minimum Gasteiger partial charge on any atom is -0.490 e. The van der Waals surface area contributed by atoms with Crippen molar-refractivity contribution in [3.05, 3.63) is 53.9 Å². The normalized spacial score (nSPS) is 13.7. The number of ether oxygens (including phenoxy) is 2. The van der Waals surface area contributed by atoms with Gasteiger partial charge in [-0.05, 0) is 18.2 Å². The van der Waals surface area contributed by atoms with Crippen molar-refractivity contribution in [3.63, 3.8) is 0 Å². The fourth-order valence-corrected chi connectivity index (χ4v) is 2.38. The molecule has 2 aromatic rings. The Bertz CT molecular complexity index is 572. The first-order valence-corrected chi connectivity index (χ1v) is 7.41. The van der Waals surface area contributed by atoms with Crippen molar-refractivity contribution in [1.82, 2.24) is 10.3 Å². The minimum absolute atomic E-state index is 0.720. The van der Waals surface area contributed by atoms with Gasteiger partial charge in [0.15, 0.2) is 11.5 Å². The molecule has 0 aliphatic carbocycles. The van der Waals surface area contributed by atoms with Crippen LogP contribution < -0.4 is 14.8 Å². The van der Waals surface area contributed by atoms with Crippen molar-refractivity contribution >= 4 is 0 Å². The third-order valence-corrected chi connectivity index (χ3v) is 3.45. The first-order valence-electron chi connectivity index (χ1n) is 7.41.